The average Bonchev–Trinajstić information content (AvgIpc) is 3.44. The fraction of sp³-hybridized carbons (Fsp3) is 0.435. The van der Waals surface area contributed by atoms with Crippen LogP contribution in [0.5, 0.6) is 0 Å². The Hall–Kier alpha value is -2.13. The summed E-state index contributed by atoms with van der Waals surface area (Å²) in [5.74, 6) is 2.70. The van der Waals surface area contributed by atoms with Gasteiger partial charge >= 0.3 is 0 Å². The Bertz CT molecular complexity index is 851. The van der Waals surface area contributed by atoms with Gasteiger partial charge in [0.25, 0.3) is 0 Å². The van der Waals surface area contributed by atoms with Gasteiger partial charge in [0, 0.05) is 24.9 Å². The van der Waals surface area contributed by atoms with Crippen molar-refractivity contribution in [1.29, 1.82) is 0 Å². The zero-order valence-corrected chi connectivity index (χ0v) is 14.8. The van der Waals surface area contributed by atoms with Crippen molar-refractivity contribution in [2.75, 3.05) is 13.1 Å². The molecule has 132 valence electrons. The van der Waals surface area contributed by atoms with E-state index in [-0.39, 0.29) is 11.6 Å². The van der Waals surface area contributed by atoms with Crippen molar-refractivity contribution in [3.8, 4) is 0 Å². The molecule has 2 aliphatic heterocycles. The lowest BCUT2D eigenvalue weighted by Gasteiger charge is -2.41. The smallest absolute Gasteiger partial charge is 0.228 e. The molecule has 2 bridgehead atoms. The minimum atomic E-state index is -0.260. The van der Waals surface area contributed by atoms with E-state index < -0.39 is 0 Å². The van der Waals surface area contributed by atoms with E-state index in [2.05, 4.69) is 70.9 Å². The van der Waals surface area contributed by atoms with Gasteiger partial charge in [0.05, 0.1) is 0 Å². The molecule has 26 heavy (non-hydrogen) atoms. The van der Waals surface area contributed by atoms with Crippen LogP contribution in [0.25, 0.3) is 0 Å². The lowest BCUT2D eigenvalue weighted by Crippen LogP contribution is -2.51. The number of fused-ring (bicyclic) bond motifs is 7. The number of nitrogens with one attached hydrogen (secondary N) is 1. The highest BCUT2D eigenvalue weighted by atomic mass is 16.2. The van der Waals surface area contributed by atoms with E-state index in [0.717, 1.165) is 13.1 Å². The molecule has 2 aliphatic carbocycles. The Morgan fingerprint density at radius 2 is 1.69 bits per heavy atom. The van der Waals surface area contributed by atoms with Crippen LogP contribution in [0.15, 0.2) is 60.7 Å². The Morgan fingerprint density at radius 3 is 2.46 bits per heavy atom. The molecule has 4 fully saturated rings. The van der Waals surface area contributed by atoms with Crippen LogP contribution in [0.3, 0.4) is 0 Å². The standard InChI is InChI=1S/C23H24N2O/c26-22-20-19-14-16(13-18(19)15-7-3-1-4-8-15)21(20)23(24-11-12-25(22)23)17-9-5-2-6-10-17/h1-10,16,18-21,24H,11-14H2/t16-,18+,19-,20+,21-,23?/m1/s1. The Balaban J connectivity index is 1.44. The highest BCUT2D eigenvalue weighted by molar-refractivity contribution is 5.85. The highest BCUT2D eigenvalue weighted by Gasteiger charge is 2.70. The zero-order valence-electron chi connectivity index (χ0n) is 14.8. The van der Waals surface area contributed by atoms with Crippen molar-refractivity contribution < 1.29 is 4.79 Å². The minimum Gasteiger partial charge on any atom is -0.318 e. The summed E-state index contributed by atoms with van der Waals surface area (Å²) >= 11 is 0. The summed E-state index contributed by atoms with van der Waals surface area (Å²) in [5, 5.41) is 3.79. The van der Waals surface area contributed by atoms with Crippen molar-refractivity contribution >= 4 is 5.91 Å². The maximum atomic E-state index is 13.5. The maximum absolute atomic E-state index is 13.5. The van der Waals surface area contributed by atoms with E-state index >= 15 is 0 Å². The largest absolute Gasteiger partial charge is 0.318 e. The number of carbonyl (C=O) groups is 1. The SMILES string of the molecule is O=C1[C@H]2[C@@H]3C[C@@H](C[C@H]3c3ccccc3)[C@H]2C2(c3ccccc3)NCCN12. The molecular weight excluding hydrogens is 320 g/mol. The lowest BCUT2D eigenvalue weighted by molar-refractivity contribution is -0.134. The number of carbonyl (C=O) groups excluding carboxylic acids is 1. The Labute approximate surface area is 154 Å². The normalized spacial score (nSPS) is 40.1. The van der Waals surface area contributed by atoms with E-state index in [1.165, 1.54) is 24.0 Å². The third-order valence-corrected chi connectivity index (χ3v) is 7.64. The molecule has 2 aromatic carbocycles. The van der Waals surface area contributed by atoms with Gasteiger partial charge in [0.15, 0.2) is 0 Å². The summed E-state index contributed by atoms with van der Waals surface area (Å²) in [6.07, 6.45) is 2.44. The molecule has 0 aromatic heterocycles. The van der Waals surface area contributed by atoms with Gasteiger partial charge in [-0.25, -0.2) is 0 Å². The topological polar surface area (TPSA) is 32.3 Å². The average molecular weight is 344 g/mol. The first-order chi connectivity index (χ1) is 12.8. The van der Waals surface area contributed by atoms with E-state index in [0.29, 0.717) is 29.6 Å². The molecular formula is C23H24N2O. The summed E-state index contributed by atoms with van der Waals surface area (Å²) in [6.45, 7) is 1.75. The molecule has 2 saturated heterocycles. The summed E-state index contributed by atoms with van der Waals surface area (Å²) in [4.78, 5) is 15.7. The zero-order chi connectivity index (χ0) is 17.3. The second kappa shape index (κ2) is 5.20. The quantitative estimate of drug-likeness (QED) is 0.906. The van der Waals surface area contributed by atoms with Crippen molar-refractivity contribution in [2.24, 2.45) is 23.7 Å². The molecule has 4 aliphatic rings. The first-order valence-electron chi connectivity index (χ1n) is 9.97. The van der Waals surface area contributed by atoms with Crippen LogP contribution < -0.4 is 5.32 Å². The van der Waals surface area contributed by atoms with E-state index in [1.54, 1.807) is 0 Å². The number of amides is 1. The second-order valence-electron chi connectivity index (χ2n) is 8.51. The molecule has 0 spiro atoms. The molecule has 1 N–H and O–H groups in total. The summed E-state index contributed by atoms with van der Waals surface area (Å²) in [6, 6.07) is 21.6. The van der Waals surface area contributed by atoms with Gasteiger partial charge in [-0.3, -0.25) is 10.1 Å². The molecule has 2 heterocycles. The van der Waals surface area contributed by atoms with Gasteiger partial charge in [-0.1, -0.05) is 60.7 Å². The van der Waals surface area contributed by atoms with Crippen molar-refractivity contribution in [2.45, 2.75) is 24.4 Å². The summed E-state index contributed by atoms with van der Waals surface area (Å²) in [7, 11) is 0. The van der Waals surface area contributed by atoms with Gasteiger partial charge in [-0.05, 0) is 41.7 Å². The number of nitrogens with zero attached hydrogens (tertiary/aromatic N) is 1. The summed E-state index contributed by atoms with van der Waals surface area (Å²) < 4.78 is 0. The van der Waals surface area contributed by atoms with Crippen LogP contribution in [0.2, 0.25) is 0 Å². The van der Waals surface area contributed by atoms with Crippen LogP contribution in [-0.4, -0.2) is 23.9 Å². The van der Waals surface area contributed by atoms with Crippen LogP contribution >= 0.6 is 0 Å². The van der Waals surface area contributed by atoms with Crippen LogP contribution in [0.4, 0.5) is 0 Å². The lowest BCUT2D eigenvalue weighted by atomic mass is 9.68. The molecule has 6 atom stereocenters. The number of benzene rings is 2. The first kappa shape index (κ1) is 15.0. The first-order valence-corrected chi connectivity index (χ1v) is 9.97. The molecule has 3 heteroatoms. The number of hydrogen-bond acceptors (Lipinski definition) is 2. The second-order valence-corrected chi connectivity index (χ2v) is 8.51. The molecule has 2 aromatic rings. The van der Waals surface area contributed by atoms with E-state index in [1.807, 2.05) is 0 Å². The summed E-state index contributed by atoms with van der Waals surface area (Å²) in [5.41, 5.74) is 2.45. The fourth-order valence-electron chi connectivity index (χ4n) is 6.92. The van der Waals surface area contributed by atoms with Crippen LogP contribution in [0, 0.1) is 23.7 Å². The Morgan fingerprint density at radius 1 is 0.962 bits per heavy atom. The monoisotopic (exact) mass is 344 g/mol. The molecule has 2 saturated carbocycles. The van der Waals surface area contributed by atoms with Crippen molar-refractivity contribution in [1.82, 2.24) is 10.2 Å². The highest BCUT2D eigenvalue weighted by Crippen LogP contribution is 2.67. The van der Waals surface area contributed by atoms with Gasteiger partial charge in [-0.15, -0.1) is 0 Å². The predicted octanol–water partition coefficient (Wildman–Crippen LogP) is 3.34. The maximum Gasteiger partial charge on any atom is 0.228 e. The molecule has 1 unspecified atom stereocenters. The van der Waals surface area contributed by atoms with Gasteiger partial charge in [-0.2, -0.15) is 0 Å². The van der Waals surface area contributed by atoms with Gasteiger partial charge < -0.3 is 4.90 Å². The van der Waals surface area contributed by atoms with E-state index in [4.69, 9.17) is 0 Å². The van der Waals surface area contributed by atoms with E-state index in [9.17, 15) is 4.79 Å². The van der Waals surface area contributed by atoms with Crippen molar-refractivity contribution in [3.63, 3.8) is 0 Å². The molecule has 3 nitrogen and oxygen atoms in total. The number of rotatable bonds is 2. The minimum absolute atomic E-state index is 0.187. The Kier molecular flexibility index (Phi) is 3.00. The fourth-order valence-corrected chi connectivity index (χ4v) is 6.92. The van der Waals surface area contributed by atoms with Crippen LogP contribution in [-0.2, 0) is 10.5 Å². The molecule has 6 rings (SSSR count). The van der Waals surface area contributed by atoms with Gasteiger partial charge in [0.1, 0.15) is 5.66 Å². The number of hydrogen-bond donors (Lipinski definition) is 1. The third kappa shape index (κ3) is 1.70. The molecule has 0 radical (unpaired) electrons. The van der Waals surface area contributed by atoms with Crippen molar-refractivity contribution in [3.05, 3.63) is 71.8 Å². The van der Waals surface area contributed by atoms with Crippen LogP contribution in [0.1, 0.15) is 29.9 Å². The van der Waals surface area contributed by atoms with Gasteiger partial charge in [0.2, 0.25) is 5.91 Å². The predicted molar refractivity (Wildman–Crippen MR) is 100 cm³/mol. The molecule has 1 amide bonds. The third-order valence-electron chi connectivity index (χ3n) is 7.64.